The van der Waals surface area contributed by atoms with Gasteiger partial charge in [-0.05, 0) is 23.9 Å². The van der Waals surface area contributed by atoms with E-state index in [-0.39, 0.29) is 11.6 Å². The van der Waals surface area contributed by atoms with Gasteiger partial charge in [-0.25, -0.2) is 4.79 Å². The van der Waals surface area contributed by atoms with E-state index in [0.717, 1.165) is 6.42 Å². The Bertz CT molecular complexity index is 526. The molecule has 0 saturated heterocycles. The average molecular weight is 262 g/mol. The van der Waals surface area contributed by atoms with Crippen molar-refractivity contribution in [2.45, 2.75) is 19.4 Å². The van der Waals surface area contributed by atoms with Gasteiger partial charge in [0.25, 0.3) is 0 Å². The Hall–Kier alpha value is -1.88. The van der Waals surface area contributed by atoms with E-state index in [1.54, 1.807) is 17.5 Å². The van der Waals surface area contributed by atoms with Crippen LogP contribution in [0.3, 0.4) is 0 Å². The fourth-order valence-electron chi connectivity index (χ4n) is 1.75. The number of nitrogens with one attached hydrogen (secondary N) is 1. The van der Waals surface area contributed by atoms with E-state index in [1.807, 2.05) is 17.5 Å². The van der Waals surface area contributed by atoms with Crippen LogP contribution in [0.5, 0.6) is 0 Å². The molecule has 0 spiro atoms. The molecule has 2 N–H and O–H groups in total. The highest BCUT2D eigenvalue weighted by Gasteiger charge is 2.15. The number of aromatic carboxylic acids is 1. The van der Waals surface area contributed by atoms with E-state index in [0.29, 0.717) is 5.69 Å². The lowest BCUT2D eigenvalue weighted by Crippen LogP contribution is -2.12. The molecule has 94 valence electrons. The fourth-order valence-corrected chi connectivity index (χ4v) is 2.61. The first kappa shape index (κ1) is 12.6. The molecule has 0 aromatic carbocycles. The summed E-state index contributed by atoms with van der Waals surface area (Å²) in [5, 5.41) is 14.4. The monoisotopic (exact) mass is 262 g/mol. The zero-order valence-electron chi connectivity index (χ0n) is 9.96. The minimum absolute atomic E-state index is 0.118. The van der Waals surface area contributed by atoms with Gasteiger partial charge in [0.2, 0.25) is 0 Å². The van der Waals surface area contributed by atoms with Crippen molar-refractivity contribution in [2.75, 3.05) is 5.32 Å². The predicted molar refractivity (Wildman–Crippen MR) is 72.2 cm³/mol. The minimum Gasteiger partial charge on any atom is -0.478 e. The van der Waals surface area contributed by atoms with Crippen LogP contribution in [0.2, 0.25) is 0 Å². The summed E-state index contributed by atoms with van der Waals surface area (Å²) in [7, 11) is 0. The Balaban J connectivity index is 2.25. The van der Waals surface area contributed by atoms with Gasteiger partial charge in [0.1, 0.15) is 0 Å². The van der Waals surface area contributed by atoms with E-state index < -0.39 is 5.97 Å². The van der Waals surface area contributed by atoms with Gasteiger partial charge in [0, 0.05) is 11.1 Å². The summed E-state index contributed by atoms with van der Waals surface area (Å²) in [4.78, 5) is 16.3. The van der Waals surface area contributed by atoms with Gasteiger partial charge in [0.05, 0.1) is 23.5 Å². The van der Waals surface area contributed by atoms with E-state index >= 15 is 0 Å². The Kier molecular flexibility index (Phi) is 3.94. The lowest BCUT2D eigenvalue weighted by Gasteiger charge is -2.17. The number of hydrogen-bond acceptors (Lipinski definition) is 4. The van der Waals surface area contributed by atoms with Crippen LogP contribution in [0.4, 0.5) is 5.69 Å². The van der Waals surface area contributed by atoms with Gasteiger partial charge in [-0.2, -0.15) is 0 Å². The molecule has 18 heavy (non-hydrogen) atoms. The van der Waals surface area contributed by atoms with Gasteiger partial charge in [-0.15, -0.1) is 11.3 Å². The van der Waals surface area contributed by atoms with Crippen molar-refractivity contribution in [3.8, 4) is 0 Å². The van der Waals surface area contributed by atoms with Crippen LogP contribution < -0.4 is 5.32 Å². The molecule has 2 rings (SSSR count). The number of anilines is 1. The molecule has 0 saturated carbocycles. The summed E-state index contributed by atoms with van der Waals surface area (Å²) in [6, 6.07) is 5.66. The lowest BCUT2D eigenvalue weighted by molar-refractivity contribution is 0.0697. The molecule has 0 aliphatic heterocycles. The molecule has 0 aliphatic rings. The molecule has 2 aromatic rings. The zero-order chi connectivity index (χ0) is 13.0. The maximum absolute atomic E-state index is 11.1. The third-order valence-electron chi connectivity index (χ3n) is 2.68. The summed E-state index contributed by atoms with van der Waals surface area (Å²) in [5.41, 5.74) is 0.810. The van der Waals surface area contributed by atoms with Crippen molar-refractivity contribution in [3.05, 3.63) is 46.4 Å². The predicted octanol–water partition coefficient (Wildman–Crippen LogP) is 3.40. The highest BCUT2D eigenvalue weighted by molar-refractivity contribution is 7.10. The summed E-state index contributed by atoms with van der Waals surface area (Å²) in [6.45, 7) is 2.06. The molecule has 1 atom stereocenters. The highest BCUT2D eigenvalue weighted by Crippen LogP contribution is 2.27. The standard InChI is InChI=1S/C13H14N2O2S/c1-2-10(12-4-3-7-18-12)15-11-8-14-6-5-9(11)13(16)17/h3-8,10,15H,2H2,1H3,(H,16,17). The number of rotatable bonds is 5. The second-order valence-electron chi connectivity index (χ2n) is 3.85. The molecule has 1 unspecified atom stereocenters. The fraction of sp³-hybridized carbons (Fsp3) is 0.231. The SMILES string of the molecule is CCC(Nc1cnccc1C(=O)O)c1cccs1. The van der Waals surface area contributed by atoms with Gasteiger partial charge in [-0.3, -0.25) is 4.98 Å². The van der Waals surface area contributed by atoms with Gasteiger partial charge in [-0.1, -0.05) is 13.0 Å². The number of carboxylic acid groups (broad SMARTS) is 1. The quantitative estimate of drug-likeness (QED) is 0.866. The molecular formula is C13H14N2O2S. The highest BCUT2D eigenvalue weighted by atomic mass is 32.1. The largest absolute Gasteiger partial charge is 0.478 e. The van der Waals surface area contributed by atoms with Crippen molar-refractivity contribution < 1.29 is 9.90 Å². The zero-order valence-corrected chi connectivity index (χ0v) is 10.8. The molecule has 4 nitrogen and oxygen atoms in total. The number of pyridine rings is 1. The van der Waals surface area contributed by atoms with Crippen LogP contribution in [0, 0.1) is 0 Å². The van der Waals surface area contributed by atoms with Crippen LogP contribution in [0.1, 0.15) is 34.6 Å². The average Bonchev–Trinajstić information content (AvgIpc) is 2.90. The Labute approximate surface area is 109 Å². The molecule has 2 heterocycles. The molecular weight excluding hydrogens is 248 g/mol. The normalized spacial score (nSPS) is 12.1. The van der Waals surface area contributed by atoms with E-state index in [9.17, 15) is 4.79 Å². The van der Waals surface area contributed by atoms with Gasteiger partial charge in [0.15, 0.2) is 0 Å². The van der Waals surface area contributed by atoms with Crippen LogP contribution in [0.25, 0.3) is 0 Å². The van der Waals surface area contributed by atoms with Crippen molar-refractivity contribution in [2.24, 2.45) is 0 Å². The van der Waals surface area contributed by atoms with Crippen molar-refractivity contribution in [3.63, 3.8) is 0 Å². The molecule has 0 radical (unpaired) electrons. The van der Waals surface area contributed by atoms with Crippen LogP contribution >= 0.6 is 11.3 Å². The van der Waals surface area contributed by atoms with Crippen molar-refractivity contribution >= 4 is 23.0 Å². The van der Waals surface area contributed by atoms with Crippen molar-refractivity contribution in [1.29, 1.82) is 0 Å². The Morgan fingerprint density at radius 1 is 1.56 bits per heavy atom. The second kappa shape index (κ2) is 5.64. The minimum atomic E-state index is -0.944. The number of nitrogens with zero attached hydrogens (tertiary/aromatic N) is 1. The first-order chi connectivity index (χ1) is 8.72. The van der Waals surface area contributed by atoms with Crippen molar-refractivity contribution in [1.82, 2.24) is 4.98 Å². The maximum atomic E-state index is 11.1. The first-order valence-electron chi connectivity index (χ1n) is 5.69. The summed E-state index contributed by atoms with van der Waals surface area (Å²) in [6.07, 6.45) is 3.93. The number of thiophene rings is 1. The van der Waals surface area contributed by atoms with Gasteiger partial charge < -0.3 is 10.4 Å². The van der Waals surface area contributed by atoms with Crippen LogP contribution in [-0.4, -0.2) is 16.1 Å². The Morgan fingerprint density at radius 3 is 3.00 bits per heavy atom. The lowest BCUT2D eigenvalue weighted by atomic mass is 10.1. The number of hydrogen-bond donors (Lipinski definition) is 2. The summed E-state index contributed by atoms with van der Waals surface area (Å²) < 4.78 is 0. The second-order valence-corrected chi connectivity index (χ2v) is 4.83. The van der Waals surface area contributed by atoms with Crippen LogP contribution in [-0.2, 0) is 0 Å². The van der Waals surface area contributed by atoms with E-state index in [4.69, 9.17) is 5.11 Å². The first-order valence-corrected chi connectivity index (χ1v) is 6.57. The molecule has 0 amide bonds. The van der Waals surface area contributed by atoms with E-state index in [2.05, 4.69) is 17.2 Å². The maximum Gasteiger partial charge on any atom is 0.337 e. The number of aromatic nitrogens is 1. The summed E-state index contributed by atoms with van der Waals surface area (Å²) >= 11 is 1.66. The third kappa shape index (κ3) is 2.68. The third-order valence-corrected chi connectivity index (χ3v) is 3.66. The van der Waals surface area contributed by atoms with E-state index in [1.165, 1.54) is 17.1 Å². The topological polar surface area (TPSA) is 62.2 Å². The molecule has 0 fully saturated rings. The smallest absolute Gasteiger partial charge is 0.337 e. The Morgan fingerprint density at radius 2 is 2.39 bits per heavy atom. The number of carbonyl (C=O) groups is 1. The van der Waals surface area contributed by atoms with Crippen LogP contribution in [0.15, 0.2) is 36.0 Å². The molecule has 5 heteroatoms. The van der Waals surface area contributed by atoms with Gasteiger partial charge >= 0.3 is 5.97 Å². The molecule has 0 bridgehead atoms. The summed E-state index contributed by atoms with van der Waals surface area (Å²) in [5.74, 6) is -0.944. The molecule has 2 aromatic heterocycles. The molecule has 0 aliphatic carbocycles. The number of carboxylic acids is 1.